The molecule has 1 heterocycles. The van der Waals surface area contributed by atoms with Crippen LogP contribution >= 0.6 is 11.6 Å². The first-order chi connectivity index (χ1) is 13.5. The van der Waals surface area contributed by atoms with Crippen LogP contribution in [0, 0.1) is 0 Å². The summed E-state index contributed by atoms with van der Waals surface area (Å²) in [5, 5.41) is 6.20. The number of anilines is 1. The number of methoxy groups -OCH3 is 2. The Bertz CT molecular complexity index is 874. The molecule has 0 radical (unpaired) electrons. The molecule has 0 aromatic heterocycles. The molecule has 2 N–H and O–H groups in total. The smallest absolute Gasteiger partial charge is 0.315 e. The van der Waals surface area contributed by atoms with E-state index in [4.69, 9.17) is 21.1 Å². The van der Waals surface area contributed by atoms with Gasteiger partial charge in [0.25, 0.3) is 0 Å². The van der Waals surface area contributed by atoms with Gasteiger partial charge >= 0.3 is 6.03 Å². The van der Waals surface area contributed by atoms with Gasteiger partial charge in [0.15, 0.2) is 11.5 Å². The maximum absolute atomic E-state index is 12.4. The highest BCUT2D eigenvalue weighted by Gasteiger charge is 2.32. The average molecular weight is 404 g/mol. The van der Waals surface area contributed by atoms with Crippen molar-refractivity contribution in [3.63, 3.8) is 0 Å². The third-order valence-electron chi connectivity index (χ3n) is 4.54. The highest BCUT2D eigenvalue weighted by atomic mass is 35.5. The number of nitrogens with zero attached hydrogens (tertiary/aromatic N) is 1. The SMILES string of the molecule is COc1ccc(N2C[C@H](NC(=O)NCc3ccccc3Cl)CC2=O)cc1OC. The van der Waals surface area contributed by atoms with E-state index in [-0.39, 0.29) is 24.4 Å². The van der Waals surface area contributed by atoms with Gasteiger partial charge in [-0.2, -0.15) is 0 Å². The lowest BCUT2D eigenvalue weighted by Crippen LogP contribution is -2.43. The maximum atomic E-state index is 12.4. The molecule has 148 valence electrons. The fourth-order valence-electron chi connectivity index (χ4n) is 3.10. The van der Waals surface area contributed by atoms with E-state index in [9.17, 15) is 9.59 Å². The Morgan fingerprint density at radius 3 is 2.64 bits per heavy atom. The van der Waals surface area contributed by atoms with Crippen LogP contribution in [0.1, 0.15) is 12.0 Å². The Hall–Kier alpha value is -2.93. The monoisotopic (exact) mass is 403 g/mol. The Labute approximate surface area is 168 Å². The first-order valence-electron chi connectivity index (χ1n) is 8.82. The zero-order valence-corrected chi connectivity index (χ0v) is 16.5. The number of hydrogen-bond donors (Lipinski definition) is 2. The summed E-state index contributed by atoms with van der Waals surface area (Å²) in [5.74, 6) is 1.07. The third-order valence-corrected chi connectivity index (χ3v) is 4.91. The van der Waals surface area contributed by atoms with Crippen LogP contribution in [0.25, 0.3) is 0 Å². The van der Waals surface area contributed by atoms with Gasteiger partial charge in [0.1, 0.15) is 0 Å². The Balaban J connectivity index is 1.58. The van der Waals surface area contributed by atoms with Gasteiger partial charge in [-0.05, 0) is 23.8 Å². The van der Waals surface area contributed by atoms with Crippen molar-refractivity contribution in [2.75, 3.05) is 25.7 Å². The van der Waals surface area contributed by atoms with E-state index in [1.165, 1.54) is 0 Å². The molecule has 8 heteroatoms. The summed E-state index contributed by atoms with van der Waals surface area (Å²) in [5.41, 5.74) is 1.53. The molecule has 1 aliphatic rings. The van der Waals surface area contributed by atoms with E-state index >= 15 is 0 Å². The standard InChI is InChI=1S/C20H22ClN3O4/c1-27-17-8-7-15(10-18(17)28-2)24-12-14(9-19(24)25)23-20(26)22-11-13-5-3-4-6-16(13)21/h3-8,10,14H,9,11-12H2,1-2H3,(H2,22,23,26)/t14-/m1/s1. The number of urea groups is 1. The molecule has 7 nitrogen and oxygen atoms in total. The lowest BCUT2D eigenvalue weighted by Gasteiger charge is -2.19. The summed E-state index contributed by atoms with van der Waals surface area (Å²) in [7, 11) is 3.10. The Morgan fingerprint density at radius 1 is 1.18 bits per heavy atom. The lowest BCUT2D eigenvalue weighted by atomic mass is 10.2. The summed E-state index contributed by atoms with van der Waals surface area (Å²) in [6, 6.07) is 12.0. The molecular formula is C20H22ClN3O4. The zero-order chi connectivity index (χ0) is 20.1. The maximum Gasteiger partial charge on any atom is 0.315 e. The molecule has 3 rings (SSSR count). The molecule has 0 spiro atoms. The average Bonchev–Trinajstić information content (AvgIpc) is 3.06. The molecule has 0 unspecified atom stereocenters. The molecule has 28 heavy (non-hydrogen) atoms. The van der Waals surface area contributed by atoms with Crippen LogP contribution < -0.4 is 25.0 Å². The fraction of sp³-hybridized carbons (Fsp3) is 0.300. The van der Waals surface area contributed by atoms with Crippen LogP contribution in [0.4, 0.5) is 10.5 Å². The van der Waals surface area contributed by atoms with Crippen LogP contribution in [0.3, 0.4) is 0 Å². The van der Waals surface area contributed by atoms with Gasteiger partial charge < -0.3 is 25.0 Å². The molecule has 1 fully saturated rings. The summed E-state index contributed by atoms with van der Waals surface area (Å²) < 4.78 is 10.5. The molecule has 0 saturated carbocycles. The quantitative estimate of drug-likeness (QED) is 0.777. The topological polar surface area (TPSA) is 79.9 Å². The van der Waals surface area contributed by atoms with E-state index in [1.807, 2.05) is 18.2 Å². The van der Waals surface area contributed by atoms with Crippen LogP contribution in [0.15, 0.2) is 42.5 Å². The van der Waals surface area contributed by atoms with Crippen LogP contribution in [-0.4, -0.2) is 38.7 Å². The molecule has 0 bridgehead atoms. The number of ether oxygens (including phenoxy) is 2. The number of carbonyl (C=O) groups is 2. The molecule has 2 aromatic rings. The minimum absolute atomic E-state index is 0.0661. The van der Waals surface area contributed by atoms with Gasteiger partial charge in [0.2, 0.25) is 5.91 Å². The number of nitrogens with one attached hydrogen (secondary N) is 2. The number of rotatable bonds is 6. The predicted octanol–water partition coefficient (Wildman–Crippen LogP) is 2.96. The fourth-order valence-corrected chi connectivity index (χ4v) is 3.30. The number of carbonyl (C=O) groups excluding carboxylic acids is 2. The number of halogens is 1. The van der Waals surface area contributed by atoms with E-state index < -0.39 is 0 Å². The summed E-state index contributed by atoms with van der Waals surface area (Å²) >= 11 is 6.09. The van der Waals surface area contributed by atoms with Gasteiger partial charge in [0.05, 0.1) is 20.3 Å². The van der Waals surface area contributed by atoms with Gasteiger partial charge in [-0.3, -0.25) is 4.79 Å². The first kappa shape index (κ1) is 19.8. The van der Waals surface area contributed by atoms with E-state index in [0.29, 0.717) is 35.3 Å². The number of amides is 3. The van der Waals surface area contributed by atoms with Crippen molar-refractivity contribution in [1.82, 2.24) is 10.6 Å². The molecule has 3 amide bonds. The molecule has 1 atom stereocenters. The van der Waals surface area contributed by atoms with E-state index in [1.54, 1.807) is 43.4 Å². The van der Waals surface area contributed by atoms with E-state index in [2.05, 4.69) is 10.6 Å². The Morgan fingerprint density at radius 2 is 1.93 bits per heavy atom. The second kappa shape index (κ2) is 8.84. The van der Waals surface area contributed by atoms with Crippen LogP contribution in [0.2, 0.25) is 5.02 Å². The first-order valence-corrected chi connectivity index (χ1v) is 9.19. The van der Waals surface area contributed by atoms with Crippen molar-refractivity contribution in [3.8, 4) is 11.5 Å². The molecule has 0 aliphatic carbocycles. The minimum atomic E-state index is -0.341. The molecule has 2 aromatic carbocycles. The van der Waals surface area contributed by atoms with Gasteiger partial charge in [-0.1, -0.05) is 29.8 Å². The van der Waals surface area contributed by atoms with Crippen molar-refractivity contribution < 1.29 is 19.1 Å². The second-order valence-electron chi connectivity index (χ2n) is 6.36. The Kier molecular flexibility index (Phi) is 6.26. The third kappa shape index (κ3) is 4.48. The summed E-state index contributed by atoms with van der Waals surface area (Å²) in [4.78, 5) is 26.2. The van der Waals surface area contributed by atoms with Gasteiger partial charge in [0, 0.05) is 36.3 Å². The minimum Gasteiger partial charge on any atom is -0.493 e. The largest absolute Gasteiger partial charge is 0.493 e. The highest BCUT2D eigenvalue weighted by molar-refractivity contribution is 6.31. The van der Waals surface area contributed by atoms with Crippen LogP contribution in [-0.2, 0) is 11.3 Å². The zero-order valence-electron chi connectivity index (χ0n) is 15.7. The van der Waals surface area contributed by atoms with Gasteiger partial charge in [-0.15, -0.1) is 0 Å². The lowest BCUT2D eigenvalue weighted by molar-refractivity contribution is -0.117. The van der Waals surface area contributed by atoms with Crippen LogP contribution in [0.5, 0.6) is 11.5 Å². The van der Waals surface area contributed by atoms with Crippen molar-refractivity contribution in [2.45, 2.75) is 19.0 Å². The van der Waals surface area contributed by atoms with Crippen molar-refractivity contribution >= 4 is 29.2 Å². The number of hydrogen-bond acceptors (Lipinski definition) is 4. The normalized spacial score (nSPS) is 16.0. The number of benzene rings is 2. The second-order valence-corrected chi connectivity index (χ2v) is 6.77. The molecule has 1 aliphatic heterocycles. The van der Waals surface area contributed by atoms with E-state index in [0.717, 1.165) is 5.56 Å². The van der Waals surface area contributed by atoms with Crippen molar-refractivity contribution in [2.24, 2.45) is 0 Å². The summed E-state index contributed by atoms with van der Waals surface area (Å²) in [6.07, 6.45) is 0.230. The molecular weight excluding hydrogens is 382 g/mol. The van der Waals surface area contributed by atoms with Crippen molar-refractivity contribution in [3.05, 3.63) is 53.1 Å². The highest BCUT2D eigenvalue weighted by Crippen LogP contribution is 2.33. The molecule has 1 saturated heterocycles. The van der Waals surface area contributed by atoms with Crippen molar-refractivity contribution in [1.29, 1.82) is 0 Å². The summed E-state index contributed by atoms with van der Waals surface area (Å²) in [6.45, 7) is 0.694. The predicted molar refractivity (Wildman–Crippen MR) is 107 cm³/mol. The van der Waals surface area contributed by atoms with Gasteiger partial charge in [-0.25, -0.2) is 4.79 Å².